The third kappa shape index (κ3) is 3.69. The van der Waals surface area contributed by atoms with Gasteiger partial charge >= 0.3 is 0 Å². The van der Waals surface area contributed by atoms with Gasteiger partial charge in [-0.15, -0.1) is 0 Å². The average molecular weight is 355 g/mol. The lowest BCUT2D eigenvalue weighted by Crippen LogP contribution is -2.32. The molecule has 0 radical (unpaired) electrons. The fourth-order valence-corrected chi connectivity index (χ4v) is 2.62. The van der Waals surface area contributed by atoms with E-state index >= 15 is 0 Å². The zero-order chi connectivity index (χ0) is 18.8. The van der Waals surface area contributed by atoms with Crippen molar-refractivity contribution in [2.24, 2.45) is 0 Å². The normalized spacial score (nSPS) is 10.8. The van der Waals surface area contributed by atoms with Crippen LogP contribution in [0.15, 0.2) is 41.2 Å². The Kier molecular flexibility index (Phi) is 4.66. The molecule has 0 aliphatic heterocycles. The Morgan fingerprint density at radius 2 is 1.81 bits per heavy atom. The van der Waals surface area contributed by atoms with E-state index in [2.05, 4.69) is 15.4 Å². The quantitative estimate of drug-likeness (QED) is 0.777. The van der Waals surface area contributed by atoms with Crippen LogP contribution in [0.1, 0.15) is 17.1 Å². The zero-order valence-electron chi connectivity index (χ0n) is 14.7. The maximum atomic E-state index is 13.0. The van der Waals surface area contributed by atoms with Crippen LogP contribution in [0.4, 0.5) is 10.1 Å². The highest BCUT2D eigenvalue weighted by Crippen LogP contribution is 2.11. The maximum absolute atomic E-state index is 13.0. The van der Waals surface area contributed by atoms with E-state index in [0.717, 1.165) is 11.4 Å². The molecule has 0 bridgehead atoms. The largest absolute Gasteiger partial charge is 0.325 e. The van der Waals surface area contributed by atoms with Crippen LogP contribution < -0.4 is 10.9 Å². The summed E-state index contributed by atoms with van der Waals surface area (Å²) in [4.78, 5) is 29.2. The van der Waals surface area contributed by atoms with Crippen LogP contribution >= 0.6 is 0 Å². The summed E-state index contributed by atoms with van der Waals surface area (Å²) in [6.45, 7) is 5.15. The van der Waals surface area contributed by atoms with Gasteiger partial charge in [0.2, 0.25) is 11.9 Å². The van der Waals surface area contributed by atoms with Gasteiger partial charge in [0, 0.05) is 23.1 Å². The third-order valence-corrected chi connectivity index (χ3v) is 3.74. The number of rotatable bonds is 4. The highest BCUT2D eigenvalue weighted by Gasteiger charge is 2.15. The van der Waals surface area contributed by atoms with Crippen molar-refractivity contribution in [2.75, 3.05) is 5.32 Å². The van der Waals surface area contributed by atoms with Gasteiger partial charge in [0.05, 0.1) is 5.69 Å². The van der Waals surface area contributed by atoms with E-state index in [-0.39, 0.29) is 18.1 Å². The second kappa shape index (κ2) is 6.91. The Labute approximate surface area is 149 Å². The Morgan fingerprint density at radius 3 is 2.42 bits per heavy atom. The van der Waals surface area contributed by atoms with Gasteiger partial charge in [-0.25, -0.2) is 14.1 Å². The summed E-state index contributed by atoms with van der Waals surface area (Å²) >= 11 is 0. The van der Waals surface area contributed by atoms with Gasteiger partial charge in [0.25, 0.3) is 5.56 Å². The third-order valence-electron chi connectivity index (χ3n) is 3.74. The summed E-state index contributed by atoms with van der Waals surface area (Å²) in [6.07, 6.45) is 0. The molecule has 0 unspecified atom stereocenters. The van der Waals surface area contributed by atoms with Crippen LogP contribution in [0.3, 0.4) is 0 Å². The van der Waals surface area contributed by atoms with Gasteiger partial charge in [-0.2, -0.15) is 5.10 Å². The number of hydrogen-bond acceptors (Lipinski definition) is 4. The lowest BCUT2D eigenvalue weighted by atomic mass is 10.3. The number of aromatic nitrogens is 4. The van der Waals surface area contributed by atoms with Crippen molar-refractivity contribution in [2.45, 2.75) is 27.3 Å². The number of amides is 1. The summed E-state index contributed by atoms with van der Waals surface area (Å²) in [5, 5.41) is 6.98. The lowest BCUT2D eigenvalue weighted by molar-refractivity contribution is -0.116. The van der Waals surface area contributed by atoms with E-state index in [0.29, 0.717) is 11.4 Å². The van der Waals surface area contributed by atoms with Crippen molar-refractivity contribution in [1.82, 2.24) is 19.3 Å². The fraction of sp³-hybridized carbons (Fsp3) is 0.222. The molecule has 7 nitrogen and oxygen atoms in total. The monoisotopic (exact) mass is 355 g/mol. The minimum atomic E-state index is -0.424. The number of benzene rings is 1. The molecule has 0 aliphatic carbocycles. The van der Waals surface area contributed by atoms with Crippen LogP contribution in [0, 0.1) is 26.6 Å². The molecule has 3 rings (SSSR count). The molecular formula is C18H18FN5O2. The predicted octanol–water partition coefficient (Wildman–Crippen LogP) is 2.13. The van der Waals surface area contributed by atoms with Crippen molar-refractivity contribution < 1.29 is 9.18 Å². The van der Waals surface area contributed by atoms with E-state index in [1.165, 1.54) is 39.6 Å². The SMILES string of the molecule is Cc1cc(=O)n(CC(=O)Nc2ccc(F)cc2)c(-n2nc(C)cc2C)n1. The molecule has 2 heterocycles. The number of carbonyl (C=O) groups excluding carboxylic acids is 1. The number of nitrogens with zero attached hydrogens (tertiary/aromatic N) is 4. The molecule has 0 atom stereocenters. The van der Waals surface area contributed by atoms with E-state index < -0.39 is 11.7 Å². The van der Waals surface area contributed by atoms with E-state index in [1.54, 1.807) is 6.92 Å². The second-order valence-electron chi connectivity index (χ2n) is 6.02. The number of carbonyl (C=O) groups is 1. The minimum absolute atomic E-state index is 0.239. The number of hydrogen-bond donors (Lipinski definition) is 1. The molecule has 2 aromatic heterocycles. The average Bonchev–Trinajstić information content (AvgIpc) is 2.90. The number of aryl methyl sites for hydroxylation is 3. The highest BCUT2D eigenvalue weighted by molar-refractivity contribution is 5.90. The smallest absolute Gasteiger partial charge is 0.255 e. The first kappa shape index (κ1) is 17.5. The van der Waals surface area contributed by atoms with Crippen molar-refractivity contribution in [3.05, 3.63) is 69.7 Å². The Balaban J connectivity index is 1.94. The number of nitrogens with one attached hydrogen (secondary N) is 1. The topological polar surface area (TPSA) is 81.8 Å². The van der Waals surface area contributed by atoms with Crippen LogP contribution in [0.5, 0.6) is 0 Å². The lowest BCUT2D eigenvalue weighted by Gasteiger charge is -2.13. The van der Waals surface area contributed by atoms with Crippen LogP contribution in [0.2, 0.25) is 0 Å². The highest BCUT2D eigenvalue weighted by atomic mass is 19.1. The first-order valence-corrected chi connectivity index (χ1v) is 8.01. The molecule has 0 aliphatic rings. The number of halogens is 1. The summed E-state index contributed by atoms with van der Waals surface area (Å²) in [5.41, 5.74) is 2.20. The summed E-state index contributed by atoms with van der Waals surface area (Å²) in [7, 11) is 0. The molecular weight excluding hydrogens is 337 g/mol. The first-order valence-electron chi connectivity index (χ1n) is 8.01. The maximum Gasteiger partial charge on any atom is 0.255 e. The molecule has 0 fully saturated rings. The fourth-order valence-electron chi connectivity index (χ4n) is 2.62. The van der Waals surface area contributed by atoms with Crippen LogP contribution in [-0.2, 0) is 11.3 Å². The van der Waals surface area contributed by atoms with Gasteiger partial charge in [-0.3, -0.25) is 14.2 Å². The minimum Gasteiger partial charge on any atom is -0.325 e. The Hall–Kier alpha value is -3.29. The van der Waals surface area contributed by atoms with Gasteiger partial charge in [-0.05, 0) is 51.1 Å². The van der Waals surface area contributed by atoms with Crippen molar-refractivity contribution in [1.29, 1.82) is 0 Å². The van der Waals surface area contributed by atoms with Crippen LogP contribution in [-0.4, -0.2) is 25.2 Å². The molecule has 0 spiro atoms. The standard InChI is InChI=1S/C18H18FN5O2/c1-11-9-17(26)23(18(20-11)24-13(3)8-12(2)22-24)10-16(25)21-15-6-4-14(19)5-7-15/h4-9H,10H2,1-3H3,(H,21,25). The second-order valence-corrected chi connectivity index (χ2v) is 6.02. The number of anilines is 1. The van der Waals surface area contributed by atoms with Crippen LogP contribution in [0.25, 0.3) is 5.95 Å². The molecule has 0 saturated carbocycles. The molecule has 0 saturated heterocycles. The van der Waals surface area contributed by atoms with E-state index in [4.69, 9.17) is 0 Å². The summed E-state index contributed by atoms with van der Waals surface area (Å²) in [5.74, 6) is -0.546. The molecule has 8 heteroatoms. The zero-order valence-corrected chi connectivity index (χ0v) is 14.7. The molecule has 3 aromatic rings. The Bertz CT molecular complexity index is 1020. The van der Waals surface area contributed by atoms with Crippen molar-refractivity contribution in [3.8, 4) is 5.95 Å². The van der Waals surface area contributed by atoms with Gasteiger partial charge in [0.15, 0.2) is 0 Å². The molecule has 1 aromatic carbocycles. The molecule has 134 valence electrons. The summed E-state index contributed by atoms with van der Waals surface area (Å²) in [6, 6.07) is 8.61. The van der Waals surface area contributed by atoms with E-state index in [9.17, 15) is 14.0 Å². The first-order chi connectivity index (χ1) is 12.3. The predicted molar refractivity (Wildman–Crippen MR) is 94.9 cm³/mol. The van der Waals surface area contributed by atoms with E-state index in [1.807, 2.05) is 19.9 Å². The Morgan fingerprint density at radius 1 is 1.12 bits per heavy atom. The molecule has 1 amide bonds. The van der Waals surface area contributed by atoms with Gasteiger partial charge in [0.1, 0.15) is 12.4 Å². The van der Waals surface area contributed by atoms with Crippen molar-refractivity contribution in [3.63, 3.8) is 0 Å². The molecule has 1 N–H and O–H groups in total. The van der Waals surface area contributed by atoms with Gasteiger partial charge < -0.3 is 5.32 Å². The molecule has 26 heavy (non-hydrogen) atoms. The van der Waals surface area contributed by atoms with Gasteiger partial charge in [-0.1, -0.05) is 0 Å². The van der Waals surface area contributed by atoms with Crippen molar-refractivity contribution >= 4 is 11.6 Å². The summed E-state index contributed by atoms with van der Waals surface area (Å²) < 4.78 is 15.8.